The topological polar surface area (TPSA) is 110 Å². The Morgan fingerprint density at radius 1 is 1.33 bits per heavy atom. The lowest BCUT2D eigenvalue weighted by molar-refractivity contribution is -0.900. The zero-order valence-corrected chi connectivity index (χ0v) is 11.4. The number of nitro benzene ring substituents is 1. The number of fused-ring (bicyclic) bond motifs is 1. The Balaban J connectivity index is 1.87. The van der Waals surface area contributed by atoms with Gasteiger partial charge in [-0.2, -0.15) is 0 Å². The van der Waals surface area contributed by atoms with Crippen LogP contribution in [0.5, 0.6) is 0 Å². The van der Waals surface area contributed by atoms with Gasteiger partial charge in [-0.15, -0.1) is 0 Å². The molecule has 1 fully saturated rings. The molecule has 0 atom stereocenters. The van der Waals surface area contributed by atoms with Crippen LogP contribution < -0.4 is 9.80 Å². The van der Waals surface area contributed by atoms with Crippen molar-refractivity contribution in [1.82, 2.24) is 10.3 Å². The van der Waals surface area contributed by atoms with Crippen molar-refractivity contribution in [2.45, 2.75) is 0 Å². The highest BCUT2D eigenvalue weighted by Crippen LogP contribution is 2.30. The minimum Gasteiger partial charge on any atom is -0.391 e. The van der Waals surface area contributed by atoms with E-state index in [9.17, 15) is 10.1 Å². The first-order valence-electron chi connectivity index (χ1n) is 6.79. The number of rotatable bonds is 4. The summed E-state index contributed by atoms with van der Waals surface area (Å²) in [6.07, 6.45) is 0. The Kier molecular flexibility index (Phi) is 3.67. The highest BCUT2D eigenvalue weighted by Gasteiger charge is 2.25. The minimum absolute atomic E-state index is 0.0976. The summed E-state index contributed by atoms with van der Waals surface area (Å²) in [4.78, 5) is 14.0. The van der Waals surface area contributed by atoms with Crippen LogP contribution in [-0.2, 0) is 0 Å². The van der Waals surface area contributed by atoms with Crippen LogP contribution in [0.4, 0.5) is 11.4 Å². The van der Waals surface area contributed by atoms with Gasteiger partial charge in [0.1, 0.15) is 6.54 Å². The van der Waals surface area contributed by atoms with Crippen LogP contribution in [0.15, 0.2) is 16.8 Å². The quantitative estimate of drug-likeness (QED) is 0.540. The van der Waals surface area contributed by atoms with Crippen LogP contribution in [0, 0.1) is 10.1 Å². The molecule has 0 radical (unpaired) electrons. The van der Waals surface area contributed by atoms with Crippen molar-refractivity contribution in [2.75, 3.05) is 44.2 Å². The summed E-state index contributed by atoms with van der Waals surface area (Å²) in [7, 11) is 0. The van der Waals surface area contributed by atoms with E-state index in [0.29, 0.717) is 5.52 Å². The Morgan fingerprint density at radius 2 is 2.05 bits per heavy atom. The normalized spacial score (nSPS) is 16.5. The molecule has 112 valence electrons. The molecule has 1 saturated heterocycles. The molecular weight excluding hydrogens is 278 g/mol. The number of quaternary nitrogens is 1. The number of aliphatic hydroxyl groups excluding tert-OH is 1. The summed E-state index contributed by atoms with van der Waals surface area (Å²) >= 11 is 0. The molecule has 2 heterocycles. The second-order valence-corrected chi connectivity index (χ2v) is 5.03. The van der Waals surface area contributed by atoms with Gasteiger partial charge in [0.25, 0.3) is 0 Å². The van der Waals surface area contributed by atoms with Crippen molar-refractivity contribution in [1.29, 1.82) is 0 Å². The summed E-state index contributed by atoms with van der Waals surface area (Å²) in [6, 6.07) is 3.14. The SMILES string of the molecule is O=[N+]([O-])c1ccc(N2CC[NH+](CCO)CC2)c2nonc12. The average Bonchev–Trinajstić information content (AvgIpc) is 2.96. The first-order chi connectivity index (χ1) is 10.2. The smallest absolute Gasteiger partial charge is 0.300 e. The number of nitro groups is 1. The van der Waals surface area contributed by atoms with Gasteiger partial charge < -0.3 is 14.9 Å². The first kappa shape index (κ1) is 13.7. The van der Waals surface area contributed by atoms with Crippen LogP contribution >= 0.6 is 0 Å². The highest BCUT2D eigenvalue weighted by molar-refractivity contribution is 5.93. The number of non-ortho nitro benzene ring substituents is 1. The monoisotopic (exact) mass is 294 g/mol. The van der Waals surface area contributed by atoms with Crippen LogP contribution in [-0.4, -0.2) is 59.7 Å². The standard InChI is InChI=1S/C12H15N5O4/c18-8-7-15-3-5-16(6-4-15)9-1-2-10(17(19)20)12-11(9)13-21-14-12/h1-2,18H,3-8H2/p+1. The first-order valence-corrected chi connectivity index (χ1v) is 6.79. The second-order valence-electron chi connectivity index (χ2n) is 5.03. The van der Waals surface area contributed by atoms with Crippen molar-refractivity contribution >= 4 is 22.4 Å². The third-order valence-corrected chi connectivity index (χ3v) is 3.85. The average molecular weight is 294 g/mol. The number of hydrogen-bond donors (Lipinski definition) is 2. The van der Waals surface area contributed by atoms with Crippen LogP contribution in [0.1, 0.15) is 0 Å². The molecule has 0 aliphatic carbocycles. The molecule has 9 nitrogen and oxygen atoms in total. The predicted molar refractivity (Wildman–Crippen MR) is 73.3 cm³/mol. The molecule has 1 aliphatic heterocycles. The van der Waals surface area contributed by atoms with E-state index in [0.717, 1.165) is 38.4 Å². The van der Waals surface area contributed by atoms with Crippen molar-refractivity contribution in [2.24, 2.45) is 0 Å². The van der Waals surface area contributed by atoms with Gasteiger partial charge in [-0.1, -0.05) is 0 Å². The number of piperazine rings is 1. The molecule has 0 bridgehead atoms. The maximum atomic E-state index is 11.0. The molecule has 9 heteroatoms. The van der Waals surface area contributed by atoms with E-state index in [1.165, 1.54) is 11.0 Å². The lowest BCUT2D eigenvalue weighted by Gasteiger charge is -2.33. The Bertz CT molecular complexity index is 650. The van der Waals surface area contributed by atoms with Gasteiger partial charge in [0.05, 0.1) is 43.4 Å². The van der Waals surface area contributed by atoms with E-state index in [-0.39, 0.29) is 17.8 Å². The maximum absolute atomic E-state index is 11.0. The summed E-state index contributed by atoms with van der Waals surface area (Å²) in [5, 5.41) is 27.4. The summed E-state index contributed by atoms with van der Waals surface area (Å²) in [5.41, 5.74) is 1.32. The predicted octanol–water partition coefficient (Wildman–Crippen LogP) is -1.17. The zero-order valence-electron chi connectivity index (χ0n) is 11.4. The molecule has 2 N–H and O–H groups in total. The largest absolute Gasteiger partial charge is 0.391 e. The number of hydrogen-bond acceptors (Lipinski definition) is 7. The van der Waals surface area contributed by atoms with Gasteiger partial charge in [0.15, 0.2) is 5.52 Å². The van der Waals surface area contributed by atoms with Gasteiger partial charge in [-0.3, -0.25) is 10.1 Å². The molecule has 0 spiro atoms. The number of nitrogens with zero attached hydrogens (tertiary/aromatic N) is 4. The number of aliphatic hydroxyl groups is 1. The Labute approximate surface area is 119 Å². The van der Waals surface area contributed by atoms with E-state index in [2.05, 4.69) is 19.8 Å². The second kappa shape index (κ2) is 5.62. The molecule has 0 saturated carbocycles. The summed E-state index contributed by atoms with van der Waals surface area (Å²) in [6.45, 7) is 4.35. The molecule has 21 heavy (non-hydrogen) atoms. The van der Waals surface area contributed by atoms with Crippen LogP contribution in [0.25, 0.3) is 11.0 Å². The molecule has 0 unspecified atom stereocenters. The van der Waals surface area contributed by atoms with Crippen molar-refractivity contribution < 1.29 is 19.6 Å². The molecule has 2 aromatic rings. The van der Waals surface area contributed by atoms with E-state index in [1.54, 1.807) is 6.07 Å². The van der Waals surface area contributed by atoms with Crippen LogP contribution in [0.3, 0.4) is 0 Å². The lowest BCUT2D eigenvalue weighted by atomic mass is 10.2. The molecule has 3 rings (SSSR count). The Morgan fingerprint density at radius 3 is 2.71 bits per heavy atom. The maximum Gasteiger partial charge on any atom is 0.300 e. The fraction of sp³-hybridized carbons (Fsp3) is 0.500. The van der Waals surface area contributed by atoms with Gasteiger partial charge in [-0.05, 0) is 16.4 Å². The number of anilines is 1. The molecule has 1 aromatic carbocycles. The van der Waals surface area contributed by atoms with Gasteiger partial charge >= 0.3 is 5.69 Å². The van der Waals surface area contributed by atoms with E-state index in [1.807, 2.05) is 0 Å². The van der Waals surface area contributed by atoms with E-state index >= 15 is 0 Å². The summed E-state index contributed by atoms with van der Waals surface area (Å²) < 4.78 is 4.68. The Hall–Kier alpha value is -2.26. The van der Waals surface area contributed by atoms with Crippen LogP contribution in [0.2, 0.25) is 0 Å². The van der Waals surface area contributed by atoms with Crippen molar-refractivity contribution in [3.8, 4) is 0 Å². The highest BCUT2D eigenvalue weighted by atomic mass is 16.6. The van der Waals surface area contributed by atoms with Gasteiger partial charge in [0, 0.05) is 6.07 Å². The molecule has 0 amide bonds. The molecular formula is C12H16N5O4+. The minimum atomic E-state index is -0.486. The van der Waals surface area contributed by atoms with E-state index in [4.69, 9.17) is 5.11 Å². The lowest BCUT2D eigenvalue weighted by Crippen LogP contribution is -3.15. The number of aromatic nitrogens is 2. The fourth-order valence-electron chi connectivity index (χ4n) is 2.71. The zero-order chi connectivity index (χ0) is 14.8. The van der Waals surface area contributed by atoms with Gasteiger partial charge in [-0.25, -0.2) is 4.63 Å². The summed E-state index contributed by atoms with van der Waals surface area (Å²) in [5.74, 6) is 0. The third kappa shape index (κ3) is 2.52. The third-order valence-electron chi connectivity index (χ3n) is 3.85. The van der Waals surface area contributed by atoms with Crippen molar-refractivity contribution in [3.05, 3.63) is 22.2 Å². The number of benzene rings is 1. The number of nitrogens with one attached hydrogen (secondary N) is 1. The van der Waals surface area contributed by atoms with Gasteiger partial charge in [0.2, 0.25) is 5.52 Å². The van der Waals surface area contributed by atoms with E-state index < -0.39 is 4.92 Å². The van der Waals surface area contributed by atoms with Crippen molar-refractivity contribution in [3.63, 3.8) is 0 Å². The fourth-order valence-corrected chi connectivity index (χ4v) is 2.71. The molecule has 1 aromatic heterocycles. The molecule has 1 aliphatic rings.